The van der Waals surface area contributed by atoms with Crippen molar-refractivity contribution < 1.29 is 4.84 Å². The van der Waals surface area contributed by atoms with Crippen LogP contribution in [0, 0.1) is 0 Å². The number of hydroxylamine groups is 1. The minimum atomic E-state index is -0.0300. The second-order valence-corrected chi connectivity index (χ2v) is 5.91. The van der Waals surface area contributed by atoms with Gasteiger partial charge in [-0.2, -0.15) is 0 Å². The van der Waals surface area contributed by atoms with E-state index in [1.54, 1.807) is 0 Å². The fourth-order valence-electron chi connectivity index (χ4n) is 2.77. The third-order valence-electron chi connectivity index (χ3n) is 4.19. The quantitative estimate of drug-likeness (QED) is 0.521. The van der Waals surface area contributed by atoms with E-state index in [1.165, 1.54) is 11.1 Å². The van der Waals surface area contributed by atoms with E-state index >= 15 is 0 Å². The summed E-state index contributed by atoms with van der Waals surface area (Å²) in [6, 6.07) is 31.1. The summed E-state index contributed by atoms with van der Waals surface area (Å²) in [7, 11) is 0. The van der Waals surface area contributed by atoms with Gasteiger partial charge in [-0.25, -0.2) is 5.06 Å². The molecule has 0 heterocycles. The highest BCUT2D eigenvalue weighted by Crippen LogP contribution is 2.30. The number of para-hydroxylation sites is 1. The van der Waals surface area contributed by atoms with Crippen molar-refractivity contribution in [3.05, 3.63) is 102 Å². The topological polar surface area (TPSA) is 12.5 Å². The van der Waals surface area contributed by atoms with Crippen molar-refractivity contribution in [1.82, 2.24) is 0 Å². The maximum absolute atomic E-state index is 6.37. The van der Waals surface area contributed by atoms with Gasteiger partial charge in [0.15, 0.2) is 0 Å². The van der Waals surface area contributed by atoms with Gasteiger partial charge < -0.3 is 0 Å². The molecular weight excluding hydrogens is 294 g/mol. The van der Waals surface area contributed by atoms with Gasteiger partial charge >= 0.3 is 0 Å². The predicted molar refractivity (Wildman–Crippen MR) is 99.7 cm³/mol. The SMILES string of the molecule is CC(ON(c1ccccc1)C(C)c1ccccc1)c1ccccc1. The van der Waals surface area contributed by atoms with Gasteiger partial charge in [0.2, 0.25) is 0 Å². The number of hydrogen-bond acceptors (Lipinski definition) is 2. The molecule has 0 amide bonds. The Kier molecular flexibility index (Phi) is 5.29. The van der Waals surface area contributed by atoms with Crippen molar-refractivity contribution in [1.29, 1.82) is 0 Å². The smallest absolute Gasteiger partial charge is 0.108 e. The molecule has 3 aromatic rings. The van der Waals surface area contributed by atoms with Gasteiger partial charge in [0.05, 0.1) is 11.7 Å². The van der Waals surface area contributed by atoms with Crippen LogP contribution in [0.25, 0.3) is 0 Å². The van der Waals surface area contributed by atoms with E-state index < -0.39 is 0 Å². The second-order valence-electron chi connectivity index (χ2n) is 5.91. The van der Waals surface area contributed by atoms with E-state index in [4.69, 9.17) is 4.84 Å². The van der Waals surface area contributed by atoms with Crippen LogP contribution < -0.4 is 5.06 Å². The first kappa shape index (κ1) is 16.3. The highest BCUT2D eigenvalue weighted by atomic mass is 16.7. The highest BCUT2D eigenvalue weighted by Gasteiger charge is 2.20. The van der Waals surface area contributed by atoms with Gasteiger partial charge in [0, 0.05) is 0 Å². The van der Waals surface area contributed by atoms with Crippen LogP contribution in [0.2, 0.25) is 0 Å². The summed E-state index contributed by atoms with van der Waals surface area (Å²) in [4.78, 5) is 6.37. The summed E-state index contributed by atoms with van der Waals surface area (Å²) in [5.74, 6) is 0. The summed E-state index contributed by atoms with van der Waals surface area (Å²) < 4.78 is 0. The standard InChI is InChI=1S/C22H23NO/c1-18(20-12-6-3-7-13-20)23(22-16-10-5-11-17-22)24-19(2)21-14-8-4-9-15-21/h3-19H,1-2H3. The molecule has 122 valence electrons. The van der Waals surface area contributed by atoms with Gasteiger partial charge in [0.25, 0.3) is 0 Å². The number of nitrogens with zero attached hydrogens (tertiary/aromatic N) is 1. The van der Waals surface area contributed by atoms with Crippen LogP contribution in [0.15, 0.2) is 91.0 Å². The Morgan fingerprint density at radius 3 is 1.62 bits per heavy atom. The fraction of sp³-hybridized carbons (Fsp3) is 0.182. The lowest BCUT2D eigenvalue weighted by Crippen LogP contribution is -2.28. The largest absolute Gasteiger partial charge is 0.265 e. The molecule has 0 bridgehead atoms. The van der Waals surface area contributed by atoms with E-state index in [0.717, 1.165) is 5.69 Å². The Bertz CT molecular complexity index is 728. The Labute approximate surface area is 144 Å². The van der Waals surface area contributed by atoms with E-state index in [2.05, 4.69) is 62.4 Å². The molecule has 24 heavy (non-hydrogen) atoms. The first-order valence-corrected chi connectivity index (χ1v) is 8.36. The number of benzene rings is 3. The van der Waals surface area contributed by atoms with Crippen LogP contribution in [0.3, 0.4) is 0 Å². The molecule has 0 aliphatic heterocycles. The average Bonchev–Trinajstić information content (AvgIpc) is 2.67. The average molecular weight is 317 g/mol. The number of anilines is 1. The zero-order valence-electron chi connectivity index (χ0n) is 14.2. The Balaban J connectivity index is 1.88. The molecule has 0 aliphatic rings. The van der Waals surface area contributed by atoms with Gasteiger partial charge in [-0.1, -0.05) is 78.9 Å². The van der Waals surface area contributed by atoms with Crippen LogP contribution in [-0.2, 0) is 4.84 Å². The van der Waals surface area contributed by atoms with Gasteiger partial charge in [0.1, 0.15) is 6.10 Å². The van der Waals surface area contributed by atoms with E-state index in [1.807, 2.05) is 47.5 Å². The summed E-state index contributed by atoms with van der Waals surface area (Å²) in [5.41, 5.74) is 3.44. The lowest BCUT2D eigenvalue weighted by Gasteiger charge is -2.33. The fourth-order valence-corrected chi connectivity index (χ4v) is 2.77. The normalized spacial score (nSPS) is 13.2. The Hall–Kier alpha value is -2.58. The molecule has 2 unspecified atom stereocenters. The van der Waals surface area contributed by atoms with Crippen molar-refractivity contribution >= 4 is 5.69 Å². The Morgan fingerprint density at radius 1 is 0.625 bits per heavy atom. The van der Waals surface area contributed by atoms with Crippen molar-refractivity contribution in [3.63, 3.8) is 0 Å². The molecule has 0 spiro atoms. The van der Waals surface area contributed by atoms with Crippen molar-refractivity contribution in [3.8, 4) is 0 Å². The molecule has 3 aromatic carbocycles. The second kappa shape index (κ2) is 7.80. The van der Waals surface area contributed by atoms with Crippen LogP contribution >= 0.6 is 0 Å². The predicted octanol–water partition coefficient (Wildman–Crippen LogP) is 5.95. The van der Waals surface area contributed by atoms with Gasteiger partial charge in [-0.05, 0) is 37.1 Å². The molecule has 0 aliphatic carbocycles. The van der Waals surface area contributed by atoms with Crippen LogP contribution in [0.4, 0.5) is 5.69 Å². The van der Waals surface area contributed by atoms with Gasteiger partial charge in [-0.15, -0.1) is 0 Å². The van der Waals surface area contributed by atoms with Gasteiger partial charge in [-0.3, -0.25) is 4.84 Å². The highest BCUT2D eigenvalue weighted by molar-refractivity contribution is 5.46. The number of rotatable bonds is 6. The zero-order valence-corrected chi connectivity index (χ0v) is 14.2. The summed E-state index contributed by atoms with van der Waals surface area (Å²) in [6.45, 7) is 4.25. The number of hydrogen-bond donors (Lipinski definition) is 0. The molecule has 0 saturated heterocycles. The van der Waals surface area contributed by atoms with E-state index in [9.17, 15) is 0 Å². The van der Waals surface area contributed by atoms with Crippen molar-refractivity contribution in [2.75, 3.05) is 5.06 Å². The summed E-state index contributed by atoms with van der Waals surface area (Å²) in [6.07, 6.45) is -0.0300. The van der Waals surface area contributed by atoms with E-state index in [-0.39, 0.29) is 12.1 Å². The molecule has 0 fully saturated rings. The summed E-state index contributed by atoms with van der Waals surface area (Å²) >= 11 is 0. The molecule has 0 N–H and O–H groups in total. The van der Waals surface area contributed by atoms with Crippen molar-refractivity contribution in [2.24, 2.45) is 0 Å². The molecule has 0 radical (unpaired) electrons. The van der Waals surface area contributed by atoms with Crippen LogP contribution in [0.1, 0.15) is 37.1 Å². The Morgan fingerprint density at radius 2 is 1.08 bits per heavy atom. The van der Waals surface area contributed by atoms with Crippen LogP contribution in [0.5, 0.6) is 0 Å². The van der Waals surface area contributed by atoms with Crippen molar-refractivity contribution in [2.45, 2.75) is 26.0 Å². The third kappa shape index (κ3) is 3.84. The first-order chi connectivity index (χ1) is 11.8. The molecule has 0 saturated carbocycles. The maximum Gasteiger partial charge on any atom is 0.108 e. The minimum Gasteiger partial charge on any atom is -0.265 e. The molecule has 0 aromatic heterocycles. The van der Waals surface area contributed by atoms with Crippen LogP contribution in [-0.4, -0.2) is 0 Å². The molecule has 2 atom stereocenters. The first-order valence-electron chi connectivity index (χ1n) is 8.36. The lowest BCUT2D eigenvalue weighted by molar-refractivity contribution is 0.0285. The van der Waals surface area contributed by atoms with E-state index in [0.29, 0.717) is 0 Å². The molecule has 2 heteroatoms. The monoisotopic (exact) mass is 317 g/mol. The molecule has 3 rings (SSSR count). The zero-order chi connectivity index (χ0) is 16.8. The molecular formula is C22H23NO. The molecule has 2 nitrogen and oxygen atoms in total. The third-order valence-corrected chi connectivity index (χ3v) is 4.19. The minimum absolute atomic E-state index is 0.0300. The maximum atomic E-state index is 6.37. The summed E-state index contributed by atoms with van der Waals surface area (Å²) in [5, 5.41) is 2.01. The lowest BCUT2D eigenvalue weighted by atomic mass is 10.1.